The van der Waals surface area contributed by atoms with Crippen LogP contribution in [0.4, 0.5) is 15.9 Å². The molecule has 0 unspecified atom stereocenters. The van der Waals surface area contributed by atoms with E-state index in [2.05, 4.69) is 26.4 Å². The van der Waals surface area contributed by atoms with E-state index in [1.54, 1.807) is 12.3 Å². The number of fused-ring (bicyclic) bond motifs is 1. The minimum atomic E-state index is -0.678. The van der Waals surface area contributed by atoms with E-state index in [0.717, 1.165) is 41.2 Å². The van der Waals surface area contributed by atoms with E-state index in [-0.39, 0.29) is 5.56 Å². The zero-order valence-corrected chi connectivity index (χ0v) is 20.2. The number of anilines is 2. The van der Waals surface area contributed by atoms with E-state index < -0.39 is 17.4 Å². The Morgan fingerprint density at radius 2 is 1.97 bits per heavy atom. The molecule has 35 heavy (non-hydrogen) atoms. The SMILES string of the molecule is Cc1ccc(NC(=O)c2cnn(C(C)(C)C)c2F)nc1-c1cc(N2CCOCC2)c2nccn2c1. The van der Waals surface area contributed by atoms with Crippen LogP contribution >= 0.6 is 0 Å². The van der Waals surface area contributed by atoms with Crippen LogP contribution in [0, 0.1) is 12.9 Å². The minimum Gasteiger partial charge on any atom is -0.378 e. The first-order chi connectivity index (χ1) is 16.7. The molecule has 0 saturated carbocycles. The Kier molecular flexibility index (Phi) is 5.76. The van der Waals surface area contributed by atoms with Crippen LogP contribution in [0.3, 0.4) is 0 Å². The predicted molar refractivity (Wildman–Crippen MR) is 131 cm³/mol. The number of hydrogen-bond donors (Lipinski definition) is 1. The average Bonchev–Trinajstić information content (AvgIpc) is 3.46. The van der Waals surface area contributed by atoms with Gasteiger partial charge in [-0.3, -0.25) is 4.79 Å². The molecular weight excluding hydrogens is 449 g/mol. The Balaban J connectivity index is 1.48. The highest BCUT2D eigenvalue weighted by atomic mass is 19.1. The molecule has 1 saturated heterocycles. The molecule has 10 heteroatoms. The molecule has 1 amide bonds. The molecule has 0 aliphatic carbocycles. The van der Waals surface area contributed by atoms with Gasteiger partial charge < -0.3 is 19.4 Å². The number of aryl methyl sites for hydroxylation is 1. The summed E-state index contributed by atoms with van der Waals surface area (Å²) in [5.41, 5.74) is 3.71. The van der Waals surface area contributed by atoms with Gasteiger partial charge in [-0.05, 0) is 45.4 Å². The van der Waals surface area contributed by atoms with Crippen molar-refractivity contribution in [1.82, 2.24) is 24.1 Å². The van der Waals surface area contributed by atoms with E-state index in [4.69, 9.17) is 9.72 Å². The molecule has 1 fully saturated rings. The molecule has 0 spiro atoms. The van der Waals surface area contributed by atoms with Crippen LogP contribution in [0.1, 0.15) is 36.7 Å². The van der Waals surface area contributed by atoms with Crippen LogP contribution in [-0.4, -0.2) is 56.4 Å². The summed E-state index contributed by atoms with van der Waals surface area (Å²) < 4.78 is 23.5. The van der Waals surface area contributed by atoms with Gasteiger partial charge in [-0.15, -0.1) is 0 Å². The molecule has 9 nitrogen and oxygen atoms in total. The standard InChI is InChI=1S/C25H28FN7O2/c1-16-5-6-20(30-24(34)18-14-28-33(22(18)26)25(2,3)4)29-21(16)17-13-19(31-9-11-35-12-10-31)23-27-7-8-32(23)15-17/h5-8,13-15H,9-12H2,1-4H3,(H,29,30,34). The number of ether oxygens (including phenoxy) is 1. The average molecular weight is 478 g/mol. The monoisotopic (exact) mass is 477 g/mol. The lowest BCUT2D eigenvalue weighted by Crippen LogP contribution is -2.36. The number of morpholine rings is 1. The third-order valence-corrected chi connectivity index (χ3v) is 6.02. The molecule has 1 aliphatic rings. The fraction of sp³-hybridized carbons (Fsp3) is 0.360. The van der Waals surface area contributed by atoms with Gasteiger partial charge in [0.05, 0.1) is 36.3 Å². The molecular formula is C25H28FN7O2. The van der Waals surface area contributed by atoms with Gasteiger partial charge >= 0.3 is 0 Å². The minimum absolute atomic E-state index is 0.127. The van der Waals surface area contributed by atoms with E-state index in [1.165, 1.54) is 10.9 Å². The number of pyridine rings is 2. The van der Waals surface area contributed by atoms with Gasteiger partial charge in [0.25, 0.3) is 5.91 Å². The first kappa shape index (κ1) is 23.0. The predicted octanol–water partition coefficient (Wildman–Crippen LogP) is 3.88. The van der Waals surface area contributed by atoms with E-state index in [9.17, 15) is 9.18 Å². The van der Waals surface area contributed by atoms with Gasteiger partial charge in [0.1, 0.15) is 11.4 Å². The van der Waals surface area contributed by atoms with Crippen LogP contribution in [0.15, 0.2) is 43.0 Å². The number of carbonyl (C=O) groups is 1. The van der Waals surface area contributed by atoms with Crippen molar-refractivity contribution in [2.45, 2.75) is 33.2 Å². The third kappa shape index (κ3) is 4.37. The maximum absolute atomic E-state index is 14.8. The van der Waals surface area contributed by atoms with Crippen LogP contribution in [0.2, 0.25) is 0 Å². The van der Waals surface area contributed by atoms with Crippen LogP contribution in [-0.2, 0) is 10.3 Å². The largest absolute Gasteiger partial charge is 0.378 e. The first-order valence-corrected chi connectivity index (χ1v) is 11.5. The molecule has 5 heterocycles. The fourth-order valence-electron chi connectivity index (χ4n) is 4.21. The zero-order valence-electron chi connectivity index (χ0n) is 20.2. The number of hydrogen-bond acceptors (Lipinski definition) is 6. The number of nitrogens with one attached hydrogen (secondary N) is 1. The molecule has 1 aliphatic heterocycles. The summed E-state index contributed by atoms with van der Waals surface area (Å²) in [6, 6.07) is 5.67. The van der Waals surface area contributed by atoms with Gasteiger partial charge in [0, 0.05) is 37.2 Å². The highest BCUT2D eigenvalue weighted by Gasteiger charge is 2.25. The van der Waals surface area contributed by atoms with Gasteiger partial charge in [0.2, 0.25) is 5.95 Å². The molecule has 0 bridgehead atoms. The number of rotatable bonds is 4. The normalized spacial score (nSPS) is 14.5. The quantitative estimate of drug-likeness (QED) is 0.480. The molecule has 4 aromatic heterocycles. The summed E-state index contributed by atoms with van der Waals surface area (Å²) in [7, 11) is 0. The highest BCUT2D eigenvalue weighted by molar-refractivity contribution is 6.03. The molecule has 0 atom stereocenters. The lowest BCUT2D eigenvalue weighted by atomic mass is 10.1. The summed E-state index contributed by atoms with van der Waals surface area (Å²) in [6.45, 7) is 10.3. The number of carbonyl (C=O) groups excluding carboxylic acids is 1. The molecule has 4 aromatic rings. The number of imidazole rings is 1. The zero-order chi connectivity index (χ0) is 24.7. The van der Waals surface area contributed by atoms with Gasteiger partial charge in [-0.1, -0.05) is 6.07 Å². The number of nitrogens with zero attached hydrogens (tertiary/aromatic N) is 6. The van der Waals surface area contributed by atoms with Crippen molar-refractivity contribution < 1.29 is 13.9 Å². The molecule has 0 radical (unpaired) electrons. The Morgan fingerprint density at radius 1 is 1.20 bits per heavy atom. The number of halogens is 1. The second-order valence-corrected chi connectivity index (χ2v) is 9.62. The van der Waals surface area contributed by atoms with E-state index in [0.29, 0.717) is 19.0 Å². The molecule has 0 aromatic carbocycles. The van der Waals surface area contributed by atoms with Crippen LogP contribution < -0.4 is 10.2 Å². The van der Waals surface area contributed by atoms with Crippen molar-refractivity contribution >= 4 is 23.1 Å². The summed E-state index contributed by atoms with van der Waals surface area (Å²) in [6.07, 6.45) is 6.89. The van der Waals surface area contributed by atoms with Gasteiger partial charge in [-0.25, -0.2) is 14.6 Å². The van der Waals surface area contributed by atoms with E-state index >= 15 is 0 Å². The Labute approximate surface area is 202 Å². The van der Waals surface area contributed by atoms with Gasteiger partial charge in [-0.2, -0.15) is 9.49 Å². The Morgan fingerprint density at radius 3 is 2.69 bits per heavy atom. The van der Waals surface area contributed by atoms with Crippen LogP contribution in [0.25, 0.3) is 16.9 Å². The smallest absolute Gasteiger partial charge is 0.263 e. The molecule has 1 N–H and O–H groups in total. The lowest BCUT2D eigenvalue weighted by Gasteiger charge is -2.29. The summed E-state index contributed by atoms with van der Waals surface area (Å²) in [5.74, 6) is -0.945. The van der Waals surface area contributed by atoms with Crippen molar-refractivity contribution in [2.75, 3.05) is 36.5 Å². The first-order valence-electron chi connectivity index (χ1n) is 11.5. The van der Waals surface area contributed by atoms with Crippen LogP contribution in [0.5, 0.6) is 0 Å². The second kappa shape index (κ2) is 8.77. The summed E-state index contributed by atoms with van der Waals surface area (Å²) in [4.78, 5) is 24.3. The van der Waals surface area contributed by atoms with Crippen molar-refractivity contribution in [1.29, 1.82) is 0 Å². The third-order valence-electron chi connectivity index (χ3n) is 6.02. The topological polar surface area (TPSA) is 89.6 Å². The fourth-order valence-corrected chi connectivity index (χ4v) is 4.21. The Hall–Kier alpha value is -3.79. The number of amides is 1. The maximum Gasteiger partial charge on any atom is 0.263 e. The summed E-state index contributed by atoms with van der Waals surface area (Å²) >= 11 is 0. The summed E-state index contributed by atoms with van der Waals surface area (Å²) in [5, 5.41) is 6.77. The van der Waals surface area contributed by atoms with Crippen molar-refractivity contribution in [3.63, 3.8) is 0 Å². The van der Waals surface area contributed by atoms with Gasteiger partial charge in [0.15, 0.2) is 5.65 Å². The number of aromatic nitrogens is 5. The van der Waals surface area contributed by atoms with Crippen molar-refractivity contribution in [2.24, 2.45) is 0 Å². The van der Waals surface area contributed by atoms with E-state index in [1.807, 2.05) is 50.6 Å². The second-order valence-electron chi connectivity index (χ2n) is 9.62. The Bertz CT molecular complexity index is 1400. The molecule has 5 rings (SSSR count). The molecule has 182 valence electrons. The maximum atomic E-state index is 14.8. The lowest BCUT2D eigenvalue weighted by molar-refractivity contribution is 0.102. The van der Waals surface area contributed by atoms with Crippen molar-refractivity contribution in [3.8, 4) is 11.3 Å². The highest BCUT2D eigenvalue weighted by Crippen LogP contribution is 2.30. The van der Waals surface area contributed by atoms with Crippen molar-refractivity contribution in [3.05, 3.63) is 60.1 Å².